The topological polar surface area (TPSA) is 99.8 Å². The highest BCUT2D eigenvalue weighted by atomic mass is 32.2. The second kappa shape index (κ2) is 7.82. The summed E-state index contributed by atoms with van der Waals surface area (Å²) in [6.07, 6.45) is 1.58. The first-order valence-corrected chi connectivity index (χ1v) is 9.82. The van der Waals surface area contributed by atoms with Gasteiger partial charge in [0.05, 0.1) is 13.7 Å². The maximum Gasteiger partial charge on any atom is 0.321 e. The second-order valence-electron chi connectivity index (χ2n) is 6.73. The molecular weight excluding hydrogens is 378 g/mol. The molecule has 2 aromatic rings. The number of carbonyl (C=O) groups is 1. The Morgan fingerprint density at radius 2 is 2.04 bits per heavy atom. The summed E-state index contributed by atoms with van der Waals surface area (Å²) in [4.78, 5) is 25.4. The zero-order valence-electron chi connectivity index (χ0n) is 15.9. The van der Waals surface area contributed by atoms with Crippen LogP contribution in [0.4, 0.5) is 16.3 Å². The smallest absolute Gasteiger partial charge is 0.321 e. The van der Waals surface area contributed by atoms with Crippen LogP contribution in [-0.2, 0) is 6.54 Å². The third-order valence-electron chi connectivity index (χ3n) is 4.94. The number of hydrazine groups is 1. The lowest BCUT2D eigenvalue weighted by Gasteiger charge is -2.36. The molecule has 1 aromatic carbocycles. The van der Waals surface area contributed by atoms with Crippen LogP contribution in [0.1, 0.15) is 11.1 Å². The van der Waals surface area contributed by atoms with Crippen molar-refractivity contribution in [3.05, 3.63) is 35.7 Å². The predicted molar refractivity (Wildman–Crippen MR) is 108 cm³/mol. The Kier molecular flexibility index (Phi) is 5.25. The minimum atomic E-state index is -0.0930. The number of rotatable bonds is 3. The van der Waals surface area contributed by atoms with E-state index in [1.165, 1.54) is 11.9 Å². The van der Waals surface area contributed by atoms with Gasteiger partial charge in [-0.1, -0.05) is 0 Å². The molecule has 4 rings (SSSR count). The van der Waals surface area contributed by atoms with Gasteiger partial charge >= 0.3 is 6.03 Å². The fourth-order valence-electron chi connectivity index (χ4n) is 3.40. The van der Waals surface area contributed by atoms with Gasteiger partial charge in [0.25, 0.3) is 0 Å². The zero-order valence-corrected chi connectivity index (χ0v) is 16.7. The molecule has 10 heteroatoms. The number of fused-ring (bicyclic) bond motifs is 1. The molecule has 2 aliphatic heterocycles. The summed E-state index contributed by atoms with van der Waals surface area (Å²) in [6.45, 7) is 5.25. The van der Waals surface area contributed by atoms with Crippen molar-refractivity contribution in [2.45, 2.75) is 18.5 Å². The molecule has 0 spiro atoms. The van der Waals surface area contributed by atoms with E-state index in [1.807, 2.05) is 30.0 Å². The number of carbonyl (C=O) groups excluding carboxylic acids is 1. The quantitative estimate of drug-likeness (QED) is 0.457. The lowest BCUT2D eigenvalue weighted by molar-refractivity contribution is 0.208. The van der Waals surface area contributed by atoms with Gasteiger partial charge in [-0.05, 0) is 42.6 Å². The van der Waals surface area contributed by atoms with E-state index in [0.29, 0.717) is 32.7 Å². The largest absolute Gasteiger partial charge is 0.497 e. The number of methoxy groups -OCH3 is 1. The molecule has 3 heterocycles. The highest BCUT2D eigenvalue weighted by Gasteiger charge is 2.28. The van der Waals surface area contributed by atoms with Gasteiger partial charge in [0.1, 0.15) is 22.9 Å². The van der Waals surface area contributed by atoms with Crippen molar-refractivity contribution in [2.75, 3.05) is 43.5 Å². The molecule has 0 unspecified atom stereocenters. The molecule has 3 N–H and O–H groups in total. The van der Waals surface area contributed by atoms with E-state index < -0.39 is 0 Å². The normalized spacial score (nSPS) is 16.8. The number of nitrogens with two attached hydrogens (primary N) is 1. The number of nitrogens with zero attached hydrogens (tertiary/aromatic N) is 5. The highest BCUT2D eigenvalue weighted by Crippen LogP contribution is 2.36. The molecule has 28 heavy (non-hydrogen) atoms. The molecule has 2 amide bonds. The van der Waals surface area contributed by atoms with E-state index in [-0.39, 0.29) is 6.03 Å². The van der Waals surface area contributed by atoms with Crippen LogP contribution in [0.2, 0.25) is 0 Å². The zero-order chi connectivity index (χ0) is 19.7. The molecule has 0 radical (unpaired) electrons. The Morgan fingerprint density at radius 1 is 1.25 bits per heavy atom. The number of urea groups is 1. The van der Waals surface area contributed by atoms with E-state index in [9.17, 15) is 4.79 Å². The van der Waals surface area contributed by atoms with E-state index in [4.69, 9.17) is 10.6 Å². The summed E-state index contributed by atoms with van der Waals surface area (Å²) in [5, 5.41) is 3.90. The second-order valence-corrected chi connectivity index (χ2v) is 7.77. The van der Waals surface area contributed by atoms with Gasteiger partial charge in [0.15, 0.2) is 0 Å². The van der Waals surface area contributed by atoms with Crippen molar-refractivity contribution in [3.8, 4) is 5.75 Å². The number of piperazine rings is 1. The summed E-state index contributed by atoms with van der Waals surface area (Å²) in [5.74, 6) is 7.58. The number of anilines is 2. The van der Waals surface area contributed by atoms with Crippen molar-refractivity contribution in [1.29, 1.82) is 0 Å². The molecule has 0 saturated carbocycles. The van der Waals surface area contributed by atoms with Crippen LogP contribution in [0.25, 0.3) is 0 Å². The van der Waals surface area contributed by atoms with Crippen LogP contribution in [0.15, 0.2) is 29.6 Å². The number of hydrogen-bond acceptors (Lipinski definition) is 8. The van der Waals surface area contributed by atoms with Crippen LogP contribution in [-0.4, -0.2) is 58.6 Å². The molecule has 0 aliphatic carbocycles. The van der Waals surface area contributed by atoms with Gasteiger partial charge in [-0.15, -0.1) is 0 Å². The third-order valence-corrected chi connectivity index (χ3v) is 5.83. The number of benzene rings is 1. The van der Waals surface area contributed by atoms with Crippen LogP contribution < -0.4 is 20.8 Å². The first kappa shape index (κ1) is 18.8. The first-order chi connectivity index (χ1) is 13.5. The van der Waals surface area contributed by atoms with Crippen molar-refractivity contribution in [2.24, 2.45) is 5.84 Å². The highest BCUT2D eigenvalue weighted by molar-refractivity contribution is 7.97. The van der Waals surface area contributed by atoms with Crippen molar-refractivity contribution in [1.82, 2.24) is 19.3 Å². The summed E-state index contributed by atoms with van der Waals surface area (Å²) in [6, 6.07) is 5.52. The minimum Gasteiger partial charge on any atom is -0.497 e. The first-order valence-electron chi connectivity index (χ1n) is 9.04. The third kappa shape index (κ3) is 3.71. The molecule has 148 valence electrons. The van der Waals surface area contributed by atoms with Crippen LogP contribution in [0.5, 0.6) is 5.75 Å². The van der Waals surface area contributed by atoms with Gasteiger partial charge < -0.3 is 19.9 Å². The maximum absolute atomic E-state index is 12.7. The maximum atomic E-state index is 12.7. The molecule has 2 aliphatic rings. The predicted octanol–water partition coefficient (Wildman–Crippen LogP) is 1.84. The SMILES string of the molecule is COc1ccc(NC(=O)N2CCN(c3ncnc4c3CN(N)S4)CC2)c(C)c1. The molecule has 9 nitrogen and oxygen atoms in total. The van der Waals surface area contributed by atoms with Gasteiger partial charge in [0.2, 0.25) is 0 Å². The number of hydrogen-bond donors (Lipinski definition) is 2. The van der Waals surface area contributed by atoms with Crippen molar-refractivity contribution >= 4 is 29.5 Å². The average molecular weight is 401 g/mol. The number of aryl methyl sites for hydroxylation is 1. The van der Waals surface area contributed by atoms with E-state index in [2.05, 4.69) is 20.2 Å². The van der Waals surface area contributed by atoms with Crippen molar-refractivity contribution < 1.29 is 9.53 Å². The van der Waals surface area contributed by atoms with Crippen LogP contribution >= 0.6 is 11.9 Å². The molecule has 0 atom stereocenters. The van der Waals surface area contributed by atoms with Crippen LogP contribution in [0.3, 0.4) is 0 Å². The molecule has 1 fully saturated rings. The number of amides is 2. The average Bonchev–Trinajstić information content (AvgIpc) is 3.09. The molecule has 0 bridgehead atoms. The Morgan fingerprint density at radius 3 is 2.75 bits per heavy atom. The summed E-state index contributed by atoms with van der Waals surface area (Å²) < 4.78 is 6.87. The number of aromatic nitrogens is 2. The number of ether oxygens (including phenoxy) is 1. The van der Waals surface area contributed by atoms with Crippen LogP contribution in [0, 0.1) is 6.92 Å². The standard InChI is InChI=1S/C18H23N7O2S/c1-12-9-13(27-2)3-4-15(12)22-18(26)24-7-5-23(6-8-24)16-14-10-25(19)28-17(14)21-11-20-16/h3-4,9,11H,5-8,10,19H2,1-2H3,(H,22,26). The number of nitrogens with one attached hydrogen (secondary N) is 1. The Hall–Kier alpha value is -2.56. The Labute approximate surface area is 168 Å². The van der Waals surface area contributed by atoms with E-state index >= 15 is 0 Å². The van der Waals surface area contributed by atoms with E-state index in [1.54, 1.807) is 17.9 Å². The molecule has 1 aromatic heterocycles. The minimum absolute atomic E-state index is 0.0930. The van der Waals surface area contributed by atoms with Gasteiger partial charge in [-0.25, -0.2) is 14.8 Å². The Balaban J connectivity index is 1.38. The van der Waals surface area contributed by atoms with Gasteiger partial charge in [-0.2, -0.15) is 4.41 Å². The Bertz CT molecular complexity index is 886. The van der Waals surface area contributed by atoms with Gasteiger partial charge in [0, 0.05) is 37.4 Å². The fraction of sp³-hybridized carbons (Fsp3) is 0.389. The van der Waals surface area contributed by atoms with E-state index in [0.717, 1.165) is 33.4 Å². The molecule has 1 saturated heterocycles. The van der Waals surface area contributed by atoms with Gasteiger partial charge in [-0.3, -0.25) is 5.84 Å². The monoisotopic (exact) mass is 401 g/mol. The lowest BCUT2D eigenvalue weighted by Crippen LogP contribution is -2.50. The summed E-state index contributed by atoms with van der Waals surface area (Å²) in [5.41, 5.74) is 2.82. The summed E-state index contributed by atoms with van der Waals surface area (Å²) >= 11 is 1.43. The summed E-state index contributed by atoms with van der Waals surface area (Å²) in [7, 11) is 1.63. The lowest BCUT2D eigenvalue weighted by atomic mass is 10.2. The fourth-order valence-corrected chi connectivity index (χ4v) is 4.17. The molecular formula is C18H23N7O2S. The van der Waals surface area contributed by atoms with Crippen molar-refractivity contribution in [3.63, 3.8) is 0 Å².